The van der Waals surface area contributed by atoms with E-state index in [0.717, 1.165) is 28.9 Å². The van der Waals surface area contributed by atoms with E-state index in [4.69, 9.17) is 4.74 Å². The van der Waals surface area contributed by atoms with Gasteiger partial charge >= 0.3 is 0 Å². The molecule has 2 aromatic rings. The molecule has 1 aromatic heterocycles. The Morgan fingerprint density at radius 3 is 3.00 bits per heavy atom. The van der Waals surface area contributed by atoms with Crippen LogP contribution in [-0.4, -0.2) is 30.0 Å². The third kappa shape index (κ3) is 3.89. The van der Waals surface area contributed by atoms with Crippen LogP contribution >= 0.6 is 15.9 Å². The van der Waals surface area contributed by atoms with Crippen LogP contribution < -0.4 is 5.32 Å². The Labute approximate surface area is 121 Å². The van der Waals surface area contributed by atoms with Crippen LogP contribution in [0.25, 0.3) is 5.69 Å². The van der Waals surface area contributed by atoms with E-state index in [1.165, 1.54) is 5.56 Å². The molecule has 0 saturated heterocycles. The highest BCUT2D eigenvalue weighted by Gasteiger charge is 2.05. The summed E-state index contributed by atoms with van der Waals surface area (Å²) in [6.45, 7) is 4.37. The average molecular weight is 324 g/mol. The van der Waals surface area contributed by atoms with Gasteiger partial charge in [-0.15, -0.1) is 0 Å². The van der Waals surface area contributed by atoms with Crippen LogP contribution in [0.2, 0.25) is 0 Å². The Balaban J connectivity index is 2.06. The van der Waals surface area contributed by atoms with Crippen LogP contribution in [0.5, 0.6) is 0 Å². The highest BCUT2D eigenvalue weighted by molar-refractivity contribution is 9.10. The van der Waals surface area contributed by atoms with E-state index in [1.807, 2.05) is 23.0 Å². The number of nitrogens with zero attached hydrogens (tertiary/aromatic N) is 2. The van der Waals surface area contributed by atoms with Crippen molar-refractivity contribution in [2.24, 2.45) is 0 Å². The second-order valence-corrected chi connectivity index (χ2v) is 5.23. The number of aromatic nitrogens is 2. The maximum atomic E-state index is 4.99. The maximum Gasteiger partial charge on any atom is 0.0790 e. The standard InChI is InChI=1S/C14H18BrN3O/c1-11-3-4-13(15)14(9-11)18-7-5-12(17-18)10-16-6-8-19-2/h3-5,7,9,16H,6,8,10H2,1-2H3. The topological polar surface area (TPSA) is 39.1 Å². The Kier molecular flexibility index (Phi) is 5.13. The van der Waals surface area contributed by atoms with Crippen LogP contribution in [0.15, 0.2) is 34.9 Å². The third-order valence-corrected chi connectivity index (χ3v) is 3.45. The van der Waals surface area contributed by atoms with Gasteiger partial charge in [0.15, 0.2) is 0 Å². The van der Waals surface area contributed by atoms with Crippen molar-refractivity contribution in [1.29, 1.82) is 0 Å². The van der Waals surface area contributed by atoms with E-state index in [-0.39, 0.29) is 0 Å². The minimum atomic E-state index is 0.712. The molecule has 0 amide bonds. The van der Waals surface area contributed by atoms with Gasteiger partial charge in [-0.2, -0.15) is 5.10 Å². The van der Waals surface area contributed by atoms with Gasteiger partial charge in [-0.25, -0.2) is 4.68 Å². The lowest BCUT2D eigenvalue weighted by molar-refractivity contribution is 0.199. The predicted octanol–water partition coefficient (Wildman–Crippen LogP) is 2.68. The van der Waals surface area contributed by atoms with E-state index < -0.39 is 0 Å². The molecule has 102 valence electrons. The van der Waals surface area contributed by atoms with Gasteiger partial charge in [-0.3, -0.25) is 0 Å². The maximum absolute atomic E-state index is 4.99. The van der Waals surface area contributed by atoms with Crippen molar-refractivity contribution < 1.29 is 4.74 Å². The van der Waals surface area contributed by atoms with Crippen LogP contribution in [0.4, 0.5) is 0 Å². The zero-order valence-electron chi connectivity index (χ0n) is 11.2. The largest absolute Gasteiger partial charge is 0.383 e. The van der Waals surface area contributed by atoms with Crippen LogP contribution in [0, 0.1) is 6.92 Å². The molecule has 0 fully saturated rings. The Bertz CT molecular complexity index is 539. The molecule has 0 unspecified atom stereocenters. The molecule has 1 aromatic carbocycles. The zero-order chi connectivity index (χ0) is 13.7. The second-order valence-electron chi connectivity index (χ2n) is 4.38. The van der Waals surface area contributed by atoms with Crippen molar-refractivity contribution in [2.45, 2.75) is 13.5 Å². The fraction of sp³-hybridized carbons (Fsp3) is 0.357. The lowest BCUT2D eigenvalue weighted by atomic mass is 10.2. The van der Waals surface area contributed by atoms with Gasteiger partial charge in [-0.05, 0) is 46.6 Å². The molecule has 0 radical (unpaired) electrons. The first-order chi connectivity index (χ1) is 9.20. The summed E-state index contributed by atoms with van der Waals surface area (Å²) in [5, 5.41) is 7.84. The van der Waals surface area contributed by atoms with Gasteiger partial charge in [-0.1, -0.05) is 6.07 Å². The summed E-state index contributed by atoms with van der Waals surface area (Å²) in [6.07, 6.45) is 1.98. The van der Waals surface area contributed by atoms with Crippen molar-refractivity contribution in [3.63, 3.8) is 0 Å². The normalized spacial score (nSPS) is 10.9. The number of benzene rings is 1. The first-order valence-corrected chi connectivity index (χ1v) is 7.01. The monoisotopic (exact) mass is 323 g/mol. The number of halogens is 1. The lowest BCUT2D eigenvalue weighted by Gasteiger charge is -2.06. The number of rotatable bonds is 6. The van der Waals surface area contributed by atoms with Crippen molar-refractivity contribution in [3.05, 3.63) is 46.2 Å². The quantitative estimate of drug-likeness (QED) is 0.831. The van der Waals surface area contributed by atoms with Crippen molar-refractivity contribution in [2.75, 3.05) is 20.3 Å². The number of aryl methyl sites for hydroxylation is 1. The highest BCUT2D eigenvalue weighted by Crippen LogP contribution is 2.21. The molecule has 4 nitrogen and oxygen atoms in total. The first kappa shape index (κ1) is 14.2. The predicted molar refractivity (Wildman–Crippen MR) is 79.6 cm³/mol. The van der Waals surface area contributed by atoms with Crippen molar-refractivity contribution in [1.82, 2.24) is 15.1 Å². The van der Waals surface area contributed by atoms with Gasteiger partial charge in [0, 0.05) is 30.9 Å². The second kappa shape index (κ2) is 6.84. The Hall–Kier alpha value is -1.17. The molecule has 5 heteroatoms. The van der Waals surface area contributed by atoms with Gasteiger partial charge < -0.3 is 10.1 Å². The van der Waals surface area contributed by atoms with E-state index in [2.05, 4.69) is 45.4 Å². The summed E-state index contributed by atoms with van der Waals surface area (Å²) in [5.41, 5.74) is 3.29. The molecule has 0 atom stereocenters. The molecular formula is C14H18BrN3O. The first-order valence-electron chi connectivity index (χ1n) is 6.21. The van der Waals surface area contributed by atoms with Gasteiger partial charge in [0.1, 0.15) is 0 Å². The molecular weight excluding hydrogens is 306 g/mol. The van der Waals surface area contributed by atoms with E-state index in [0.29, 0.717) is 6.61 Å². The zero-order valence-corrected chi connectivity index (χ0v) is 12.8. The van der Waals surface area contributed by atoms with E-state index in [1.54, 1.807) is 7.11 Å². The molecule has 1 N–H and O–H groups in total. The van der Waals surface area contributed by atoms with E-state index in [9.17, 15) is 0 Å². The number of ether oxygens (including phenoxy) is 1. The summed E-state index contributed by atoms with van der Waals surface area (Å²) in [7, 11) is 1.70. The molecule has 0 aliphatic rings. The molecule has 0 bridgehead atoms. The number of hydrogen-bond acceptors (Lipinski definition) is 3. The van der Waals surface area contributed by atoms with Crippen LogP contribution in [-0.2, 0) is 11.3 Å². The summed E-state index contributed by atoms with van der Waals surface area (Å²) < 4.78 is 7.92. The van der Waals surface area contributed by atoms with Gasteiger partial charge in [0.2, 0.25) is 0 Å². The fourth-order valence-electron chi connectivity index (χ4n) is 1.78. The molecule has 2 rings (SSSR count). The number of methoxy groups -OCH3 is 1. The van der Waals surface area contributed by atoms with Gasteiger partial charge in [0.25, 0.3) is 0 Å². The molecule has 0 saturated carbocycles. The summed E-state index contributed by atoms with van der Waals surface area (Å²) >= 11 is 3.56. The molecule has 0 aliphatic carbocycles. The summed E-state index contributed by atoms with van der Waals surface area (Å²) in [5.74, 6) is 0. The SMILES string of the molecule is COCCNCc1ccn(-c2cc(C)ccc2Br)n1. The van der Waals surface area contributed by atoms with Crippen LogP contribution in [0.1, 0.15) is 11.3 Å². The van der Waals surface area contributed by atoms with E-state index >= 15 is 0 Å². The minimum Gasteiger partial charge on any atom is -0.383 e. The summed E-state index contributed by atoms with van der Waals surface area (Å²) in [6, 6.07) is 8.25. The van der Waals surface area contributed by atoms with Gasteiger partial charge in [0.05, 0.1) is 18.0 Å². The fourth-order valence-corrected chi connectivity index (χ4v) is 2.21. The summed E-state index contributed by atoms with van der Waals surface area (Å²) in [4.78, 5) is 0. The van der Waals surface area contributed by atoms with Crippen molar-refractivity contribution >= 4 is 15.9 Å². The smallest absolute Gasteiger partial charge is 0.0790 e. The molecule has 0 aliphatic heterocycles. The minimum absolute atomic E-state index is 0.712. The third-order valence-electron chi connectivity index (χ3n) is 2.78. The molecule has 0 spiro atoms. The molecule has 1 heterocycles. The lowest BCUT2D eigenvalue weighted by Crippen LogP contribution is -2.18. The number of hydrogen-bond donors (Lipinski definition) is 1. The van der Waals surface area contributed by atoms with Crippen LogP contribution in [0.3, 0.4) is 0 Å². The average Bonchev–Trinajstić information content (AvgIpc) is 2.86. The Morgan fingerprint density at radius 2 is 2.21 bits per heavy atom. The molecule has 19 heavy (non-hydrogen) atoms. The highest BCUT2D eigenvalue weighted by atomic mass is 79.9. The Morgan fingerprint density at radius 1 is 1.37 bits per heavy atom. The number of nitrogens with one attached hydrogen (secondary N) is 1. The van der Waals surface area contributed by atoms with Crippen molar-refractivity contribution in [3.8, 4) is 5.69 Å².